The van der Waals surface area contributed by atoms with Crippen LogP contribution in [-0.2, 0) is 24.4 Å². The van der Waals surface area contributed by atoms with Crippen molar-refractivity contribution >= 4 is 33.6 Å². The molecule has 0 saturated heterocycles. The lowest BCUT2D eigenvalue weighted by Crippen LogP contribution is -2.29. The smallest absolute Gasteiger partial charge is 0.414 e. The SMILES string of the molecule is O=C(OCc1ccccc1)N1CCc2cc(CO)cc(NBr)c21. The summed E-state index contributed by atoms with van der Waals surface area (Å²) in [6.07, 6.45) is 0.374. The van der Waals surface area contributed by atoms with Gasteiger partial charge in [-0.2, -0.15) is 0 Å². The lowest BCUT2D eigenvalue weighted by molar-refractivity contribution is 0.147. The molecule has 0 bridgehead atoms. The van der Waals surface area contributed by atoms with Crippen molar-refractivity contribution in [1.82, 2.24) is 0 Å². The van der Waals surface area contributed by atoms with E-state index >= 15 is 0 Å². The Bertz CT molecular complexity index is 706. The largest absolute Gasteiger partial charge is 0.444 e. The maximum Gasteiger partial charge on any atom is 0.414 e. The highest BCUT2D eigenvalue weighted by Gasteiger charge is 2.29. The number of rotatable bonds is 4. The van der Waals surface area contributed by atoms with E-state index in [2.05, 4.69) is 20.5 Å². The number of amides is 1. The number of hydrogen-bond acceptors (Lipinski definition) is 4. The van der Waals surface area contributed by atoms with E-state index in [-0.39, 0.29) is 19.3 Å². The van der Waals surface area contributed by atoms with Gasteiger partial charge in [0.1, 0.15) is 6.61 Å². The van der Waals surface area contributed by atoms with Crippen molar-refractivity contribution in [2.45, 2.75) is 19.6 Å². The molecular formula is C17H17BrN2O3. The zero-order chi connectivity index (χ0) is 16.2. The first kappa shape index (κ1) is 15.8. The van der Waals surface area contributed by atoms with Crippen molar-refractivity contribution in [3.05, 3.63) is 59.2 Å². The number of carbonyl (C=O) groups excluding carboxylic acids is 1. The van der Waals surface area contributed by atoms with Crippen LogP contribution in [0.3, 0.4) is 0 Å². The molecule has 23 heavy (non-hydrogen) atoms. The van der Waals surface area contributed by atoms with E-state index in [0.29, 0.717) is 6.54 Å². The summed E-state index contributed by atoms with van der Waals surface area (Å²) in [5, 5.41) is 9.33. The highest BCUT2D eigenvalue weighted by molar-refractivity contribution is 9.10. The average molecular weight is 377 g/mol. The Morgan fingerprint density at radius 3 is 2.74 bits per heavy atom. The molecule has 5 nitrogen and oxygen atoms in total. The molecule has 0 radical (unpaired) electrons. The molecule has 2 N–H and O–H groups in total. The number of ether oxygens (including phenoxy) is 1. The maximum atomic E-state index is 12.4. The molecule has 0 aromatic heterocycles. The van der Waals surface area contributed by atoms with Crippen molar-refractivity contribution in [2.75, 3.05) is 15.8 Å². The van der Waals surface area contributed by atoms with Crippen LogP contribution < -0.4 is 9.24 Å². The van der Waals surface area contributed by atoms with Crippen LogP contribution in [0.15, 0.2) is 42.5 Å². The van der Waals surface area contributed by atoms with Gasteiger partial charge in [-0.3, -0.25) is 4.90 Å². The minimum Gasteiger partial charge on any atom is -0.444 e. The van der Waals surface area contributed by atoms with E-state index in [1.165, 1.54) is 0 Å². The number of nitrogens with one attached hydrogen (secondary N) is 1. The quantitative estimate of drug-likeness (QED) is 0.800. The topological polar surface area (TPSA) is 61.8 Å². The van der Waals surface area contributed by atoms with Gasteiger partial charge in [-0.05, 0) is 29.2 Å². The lowest BCUT2D eigenvalue weighted by Gasteiger charge is -2.20. The second-order valence-electron chi connectivity index (χ2n) is 5.35. The first-order valence-corrected chi connectivity index (χ1v) is 8.13. The molecule has 0 unspecified atom stereocenters. The van der Waals surface area contributed by atoms with Gasteiger partial charge >= 0.3 is 6.09 Å². The maximum absolute atomic E-state index is 12.4. The summed E-state index contributed by atoms with van der Waals surface area (Å²) in [5.74, 6) is 0. The van der Waals surface area contributed by atoms with Crippen LogP contribution in [-0.4, -0.2) is 17.7 Å². The van der Waals surface area contributed by atoms with Crippen LogP contribution in [0.2, 0.25) is 0 Å². The Balaban J connectivity index is 1.77. The number of hydrogen-bond donors (Lipinski definition) is 2. The molecule has 120 valence electrons. The van der Waals surface area contributed by atoms with Crippen LogP contribution in [0.25, 0.3) is 0 Å². The van der Waals surface area contributed by atoms with Gasteiger partial charge in [0.15, 0.2) is 0 Å². The third-order valence-electron chi connectivity index (χ3n) is 3.83. The van der Waals surface area contributed by atoms with Crippen molar-refractivity contribution in [3.63, 3.8) is 0 Å². The van der Waals surface area contributed by atoms with Crippen LogP contribution in [0, 0.1) is 0 Å². The van der Waals surface area contributed by atoms with Gasteiger partial charge in [-0.1, -0.05) is 36.4 Å². The number of anilines is 2. The second kappa shape index (κ2) is 7.02. The monoisotopic (exact) mass is 376 g/mol. The molecule has 0 atom stereocenters. The molecule has 2 aromatic carbocycles. The molecule has 0 fully saturated rings. The fraction of sp³-hybridized carbons (Fsp3) is 0.235. The predicted molar refractivity (Wildman–Crippen MR) is 92.6 cm³/mol. The summed E-state index contributed by atoms with van der Waals surface area (Å²) >= 11 is 3.22. The number of benzene rings is 2. The van der Waals surface area contributed by atoms with E-state index in [1.54, 1.807) is 4.90 Å². The summed E-state index contributed by atoms with van der Waals surface area (Å²) in [6, 6.07) is 13.3. The number of halogens is 1. The average Bonchev–Trinajstić information content (AvgIpc) is 3.03. The summed E-state index contributed by atoms with van der Waals surface area (Å²) < 4.78 is 8.33. The summed E-state index contributed by atoms with van der Waals surface area (Å²) in [7, 11) is 0. The summed E-state index contributed by atoms with van der Waals surface area (Å²) in [4.78, 5) is 14.0. The fourth-order valence-corrected chi connectivity index (χ4v) is 3.06. The summed E-state index contributed by atoms with van der Waals surface area (Å²) in [5.41, 5.74) is 4.34. The Morgan fingerprint density at radius 2 is 2.04 bits per heavy atom. The van der Waals surface area contributed by atoms with Gasteiger partial charge in [-0.25, -0.2) is 4.79 Å². The molecule has 1 aliphatic heterocycles. The zero-order valence-corrected chi connectivity index (χ0v) is 14.0. The number of fused-ring (bicyclic) bond motifs is 1. The third kappa shape index (κ3) is 3.33. The molecule has 2 aromatic rings. The van der Waals surface area contributed by atoms with E-state index in [9.17, 15) is 9.90 Å². The number of nitrogens with zero attached hydrogens (tertiary/aromatic N) is 1. The Kier molecular flexibility index (Phi) is 4.83. The predicted octanol–water partition coefficient (Wildman–Crippen LogP) is 3.60. The van der Waals surface area contributed by atoms with E-state index in [0.717, 1.165) is 34.5 Å². The lowest BCUT2D eigenvalue weighted by atomic mass is 10.1. The first-order valence-electron chi connectivity index (χ1n) is 7.34. The normalized spacial score (nSPS) is 12.9. The molecule has 0 saturated carbocycles. The van der Waals surface area contributed by atoms with Gasteiger partial charge in [0.25, 0.3) is 0 Å². The Morgan fingerprint density at radius 1 is 1.26 bits per heavy atom. The highest BCUT2D eigenvalue weighted by Crippen LogP contribution is 2.38. The third-order valence-corrected chi connectivity index (χ3v) is 4.26. The van der Waals surface area contributed by atoms with Crippen molar-refractivity contribution < 1.29 is 14.6 Å². The van der Waals surface area contributed by atoms with E-state index in [1.807, 2.05) is 42.5 Å². The van der Waals surface area contributed by atoms with E-state index in [4.69, 9.17) is 4.74 Å². The molecule has 3 rings (SSSR count). The molecule has 1 heterocycles. The first-order chi connectivity index (χ1) is 11.2. The van der Waals surface area contributed by atoms with Gasteiger partial charge in [0.2, 0.25) is 0 Å². The molecular weight excluding hydrogens is 360 g/mol. The standard InChI is InChI=1S/C17H17BrN2O3/c18-19-15-9-13(10-21)8-14-6-7-20(16(14)15)17(22)23-11-12-4-2-1-3-5-12/h1-5,8-9,19,21H,6-7,10-11H2. The number of aliphatic hydroxyl groups is 1. The molecule has 1 aliphatic rings. The van der Waals surface area contributed by atoms with Crippen LogP contribution in [0.4, 0.5) is 16.2 Å². The fourth-order valence-electron chi connectivity index (χ4n) is 2.76. The number of aliphatic hydroxyl groups excluding tert-OH is 1. The van der Waals surface area contributed by atoms with Crippen LogP contribution >= 0.6 is 16.1 Å². The van der Waals surface area contributed by atoms with Crippen molar-refractivity contribution in [2.24, 2.45) is 0 Å². The molecule has 0 spiro atoms. The van der Waals surface area contributed by atoms with Crippen molar-refractivity contribution in [3.8, 4) is 0 Å². The van der Waals surface area contributed by atoms with Gasteiger partial charge in [-0.15, -0.1) is 0 Å². The Hall–Kier alpha value is -2.05. The van der Waals surface area contributed by atoms with Crippen LogP contribution in [0.1, 0.15) is 16.7 Å². The zero-order valence-electron chi connectivity index (χ0n) is 12.5. The van der Waals surface area contributed by atoms with Gasteiger partial charge in [0, 0.05) is 22.7 Å². The van der Waals surface area contributed by atoms with Gasteiger partial charge in [0.05, 0.1) is 18.0 Å². The van der Waals surface area contributed by atoms with Gasteiger partial charge < -0.3 is 14.2 Å². The van der Waals surface area contributed by atoms with Crippen LogP contribution in [0.5, 0.6) is 0 Å². The molecule has 0 aliphatic carbocycles. The molecule has 6 heteroatoms. The number of carbonyl (C=O) groups is 1. The highest BCUT2D eigenvalue weighted by atomic mass is 79.9. The second-order valence-corrected chi connectivity index (χ2v) is 5.74. The minimum atomic E-state index is -0.367. The minimum absolute atomic E-state index is 0.0343. The van der Waals surface area contributed by atoms with Crippen molar-refractivity contribution in [1.29, 1.82) is 0 Å². The van der Waals surface area contributed by atoms with E-state index < -0.39 is 0 Å². The Labute approximate surface area is 143 Å². The molecule has 1 amide bonds. The summed E-state index contributed by atoms with van der Waals surface area (Å²) in [6.45, 7) is 0.782.